The van der Waals surface area contributed by atoms with E-state index >= 15 is 0 Å². The van der Waals surface area contributed by atoms with Crippen LogP contribution in [0.1, 0.15) is 32.1 Å². The van der Waals surface area contributed by atoms with Crippen LogP contribution >= 0.6 is 11.8 Å². The molecule has 3 aliphatic rings. The van der Waals surface area contributed by atoms with Crippen LogP contribution in [0.25, 0.3) is 0 Å². The zero-order chi connectivity index (χ0) is 18.0. The van der Waals surface area contributed by atoms with Gasteiger partial charge in [-0.1, -0.05) is 5.57 Å². The van der Waals surface area contributed by atoms with Crippen molar-refractivity contribution in [3.05, 3.63) is 10.5 Å². The van der Waals surface area contributed by atoms with Crippen LogP contribution in [-0.2, 0) is 9.53 Å². The summed E-state index contributed by atoms with van der Waals surface area (Å²) in [5.74, 6) is 0.231. The lowest BCUT2D eigenvalue weighted by Gasteiger charge is -2.27. The second-order valence-electron chi connectivity index (χ2n) is 7.44. The van der Waals surface area contributed by atoms with Crippen molar-refractivity contribution in [2.75, 3.05) is 47.4 Å². The van der Waals surface area contributed by atoms with Crippen molar-refractivity contribution in [1.29, 1.82) is 0 Å². The van der Waals surface area contributed by atoms with Crippen LogP contribution in [0.4, 0.5) is 4.79 Å². The molecule has 0 N–H and O–H groups in total. The van der Waals surface area contributed by atoms with E-state index in [2.05, 4.69) is 11.9 Å². The third-order valence-electron chi connectivity index (χ3n) is 5.33. The van der Waals surface area contributed by atoms with E-state index in [-0.39, 0.29) is 23.3 Å². The van der Waals surface area contributed by atoms with Crippen LogP contribution in [0, 0.1) is 0 Å². The van der Waals surface area contributed by atoms with Gasteiger partial charge < -0.3 is 19.4 Å². The molecule has 0 saturated carbocycles. The van der Waals surface area contributed by atoms with Gasteiger partial charge >= 0.3 is 6.09 Å². The van der Waals surface area contributed by atoms with Gasteiger partial charge in [0.2, 0.25) is 5.91 Å². The van der Waals surface area contributed by atoms with Gasteiger partial charge in [0.15, 0.2) is 0 Å². The van der Waals surface area contributed by atoms with E-state index in [1.165, 1.54) is 15.4 Å². The predicted octanol–water partition coefficient (Wildman–Crippen LogP) is 2.16. The fourth-order valence-electron chi connectivity index (χ4n) is 3.76. The van der Waals surface area contributed by atoms with E-state index in [0.717, 1.165) is 51.7 Å². The van der Waals surface area contributed by atoms with E-state index in [9.17, 15) is 9.59 Å². The highest BCUT2D eigenvalue weighted by Crippen LogP contribution is 2.43. The van der Waals surface area contributed by atoms with Crippen molar-refractivity contribution in [3.8, 4) is 0 Å². The third kappa shape index (κ3) is 4.31. The monoisotopic (exact) mass is 367 g/mol. The zero-order valence-corrected chi connectivity index (χ0v) is 16.3. The Balaban J connectivity index is 1.55. The van der Waals surface area contributed by atoms with Gasteiger partial charge in [0.25, 0.3) is 0 Å². The molecule has 7 heteroatoms. The van der Waals surface area contributed by atoms with Gasteiger partial charge in [-0.05, 0) is 44.1 Å². The average Bonchev–Trinajstić information content (AvgIpc) is 3.18. The van der Waals surface area contributed by atoms with E-state index in [4.69, 9.17) is 4.74 Å². The highest BCUT2D eigenvalue weighted by atomic mass is 32.2. The maximum atomic E-state index is 13.0. The number of likely N-dealkylation sites (tertiary alicyclic amines) is 1. The van der Waals surface area contributed by atoms with Gasteiger partial charge in [-0.25, -0.2) is 4.79 Å². The summed E-state index contributed by atoms with van der Waals surface area (Å²) in [5.41, 5.74) is 1.49. The molecule has 1 fully saturated rings. The first-order valence-corrected chi connectivity index (χ1v) is 10.0. The molecule has 0 bridgehead atoms. The zero-order valence-electron chi connectivity index (χ0n) is 15.5. The molecule has 0 spiro atoms. The fraction of sp³-hybridized carbons (Fsp3) is 0.778. The topological polar surface area (TPSA) is 53.1 Å². The Labute approximate surface area is 154 Å². The molecule has 3 aliphatic heterocycles. The van der Waals surface area contributed by atoms with E-state index in [1.54, 1.807) is 25.9 Å². The number of amides is 2. The Morgan fingerprint density at radius 2 is 2.00 bits per heavy atom. The molecule has 0 aromatic carbocycles. The number of rotatable bonds is 3. The minimum atomic E-state index is -0.341. The number of hydrogen-bond acceptors (Lipinski definition) is 5. The first-order chi connectivity index (χ1) is 12.0. The van der Waals surface area contributed by atoms with Gasteiger partial charge in [0.05, 0.1) is 11.3 Å². The van der Waals surface area contributed by atoms with E-state index < -0.39 is 0 Å². The summed E-state index contributed by atoms with van der Waals surface area (Å²) in [4.78, 5) is 31.9. The van der Waals surface area contributed by atoms with Crippen molar-refractivity contribution in [2.45, 2.75) is 43.4 Å². The molecule has 1 saturated heterocycles. The molecule has 2 atom stereocenters. The van der Waals surface area contributed by atoms with Crippen LogP contribution in [0.5, 0.6) is 0 Å². The second kappa shape index (κ2) is 7.99. The van der Waals surface area contributed by atoms with Crippen molar-refractivity contribution in [2.24, 2.45) is 0 Å². The Morgan fingerprint density at radius 3 is 2.76 bits per heavy atom. The minimum Gasteiger partial charge on any atom is -0.447 e. The van der Waals surface area contributed by atoms with Gasteiger partial charge in [-0.15, -0.1) is 11.8 Å². The van der Waals surface area contributed by atoms with E-state index in [1.807, 2.05) is 4.90 Å². The van der Waals surface area contributed by atoms with Crippen molar-refractivity contribution in [3.63, 3.8) is 0 Å². The first kappa shape index (κ1) is 18.6. The standard InChI is InChI=1S/C18H29N3O3S/c1-19(2)18(23)24-12-14-5-4-8-21(14)17(22)16-11-13-6-9-20(3)10-7-15(13)25-16/h14,16H,4-12H2,1-3H3/t14-,16?/m0/s1. The largest absolute Gasteiger partial charge is 0.447 e. The highest BCUT2D eigenvalue weighted by Gasteiger charge is 2.38. The van der Waals surface area contributed by atoms with Crippen molar-refractivity contribution in [1.82, 2.24) is 14.7 Å². The van der Waals surface area contributed by atoms with Crippen LogP contribution < -0.4 is 0 Å². The summed E-state index contributed by atoms with van der Waals surface area (Å²) in [5, 5.41) is 0.0264. The normalized spacial score (nSPS) is 27.2. The molecule has 0 aliphatic carbocycles. The van der Waals surface area contributed by atoms with Crippen LogP contribution in [-0.4, -0.2) is 85.4 Å². The molecule has 0 radical (unpaired) electrons. The lowest BCUT2D eigenvalue weighted by Crippen LogP contribution is -2.43. The molecule has 6 nitrogen and oxygen atoms in total. The minimum absolute atomic E-state index is 0.0264. The number of carbonyl (C=O) groups is 2. The summed E-state index contributed by atoms with van der Waals surface area (Å²) in [6.07, 6.45) is 4.63. The Morgan fingerprint density at radius 1 is 1.24 bits per heavy atom. The number of ether oxygens (including phenoxy) is 1. The van der Waals surface area contributed by atoms with Crippen LogP contribution in [0.15, 0.2) is 10.5 Å². The molecule has 0 aromatic heterocycles. The summed E-state index contributed by atoms with van der Waals surface area (Å²) in [6, 6.07) is 0.0311. The third-order valence-corrected chi connectivity index (χ3v) is 6.76. The molecule has 25 heavy (non-hydrogen) atoms. The summed E-state index contributed by atoms with van der Waals surface area (Å²) in [7, 11) is 5.51. The number of carbonyl (C=O) groups excluding carboxylic acids is 2. The number of thioether (sulfide) groups is 1. The second-order valence-corrected chi connectivity index (χ2v) is 8.74. The lowest BCUT2D eigenvalue weighted by atomic mass is 10.1. The first-order valence-electron chi connectivity index (χ1n) is 9.16. The molecular formula is C18H29N3O3S. The summed E-state index contributed by atoms with van der Waals surface area (Å²) < 4.78 is 5.32. The molecule has 2 amide bonds. The molecule has 3 rings (SSSR count). The lowest BCUT2D eigenvalue weighted by molar-refractivity contribution is -0.132. The SMILES string of the molecule is CN1CCC2=C(CC1)SC(C(=O)N1CCC[C@H]1COC(=O)N(C)C)C2. The predicted molar refractivity (Wildman–Crippen MR) is 99.5 cm³/mol. The average molecular weight is 368 g/mol. The molecule has 1 unspecified atom stereocenters. The van der Waals surface area contributed by atoms with Gasteiger partial charge in [-0.3, -0.25) is 4.79 Å². The molecular weight excluding hydrogens is 338 g/mol. The maximum absolute atomic E-state index is 13.0. The quantitative estimate of drug-likeness (QED) is 0.765. The fourth-order valence-corrected chi connectivity index (χ4v) is 5.19. The molecule has 3 heterocycles. The molecule has 140 valence electrons. The van der Waals surface area contributed by atoms with Crippen LogP contribution in [0.2, 0.25) is 0 Å². The van der Waals surface area contributed by atoms with Gasteiger partial charge in [0, 0.05) is 33.7 Å². The summed E-state index contributed by atoms with van der Waals surface area (Å²) >= 11 is 1.78. The smallest absolute Gasteiger partial charge is 0.409 e. The van der Waals surface area contributed by atoms with E-state index in [0.29, 0.717) is 6.61 Å². The summed E-state index contributed by atoms with van der Waals surface area (Å²) in [6.45, 7) is 3.26. The van der Waals surface area contributed by atoms with Gasteiger partial charge in [0.1, 0.15) is 6.61 Å². The number of nitrogens with zero attached hydrogens (tertiary/aromatic N) is 3. The Hall–Kier alpha value is -1.21. The number of hydrogen-bond donors (Lipinski definition) is 0. The Bertz CT molecular complexity index is 544. The Kier molecular flexibility index (Phi) is 5.94. The molecule has 0 aromatic rings. The van der Waals surface area contributed by atoms with Crippen molar-refractivity contribution < 1.29 is 14.3 Å². The van der Waals surface area contributed by atoms with Crippen molar-refractivity contribution >= 4 is 23.8 Å². The van der Waals surface area contributed by atoms with Gasteiger partial charge in [-0.2, -0.15) is 0 Å². The maximum Gasteiger partial charge on any atom is 0.409 e. The van der Waals surface area contributed by atoms with Crippen LogP contribution in [0.3, 0.4) is 0 Å². The highest BCUT2D eigenvalue weighted by molar-refractivity contribution is 8.04.